The van der Waals surface area contributed by atoms with Crippen molar-refractivity contribution in [3.63, 3.8) is 0 Å². The minimum Gasteiger partial charge on any atom is -0.287 e. The number of carbonyl (C=O) groups is 1. The lowest BCUT2D eigenvalue weighted by molar-refractivity contribution is -0.385. The number of carbonyl (C=O) groups excluding carboxylic acids is 1. The van der Waals surface area contributed by atoms with Crippen LogP contribution in [0.15, 0.2) is 101 Å². The molecule has 0 radical (unpaired) electrons. The van der Waals surface area contributed by atoms with Crippen LogP contribution in [0, 0.1) is 10.1 Å². The van der Waals surface area contributed by atoms with E-state index < -0.39 is 4.92 Å². The van der Waals surface area contributed by atoms with Crippen molar-refractivity contribution in [2.24, 2.45) is 10.2 Å². The third-order valence-corrected chi connectivity index (χ3v) is 4.02. The van der Waals surface area contributed by atoms with Gasteiger partial charge in [0.1, 0.15) is 5.71 Å². The highest BCUT2D eigenvalue weighted by molar-refractivity contribution is 6.51. The Morgan fingerprint density at radius 1 is 0.828 bits per heavy atom. The highest BCUT2D eigenvalue weighted by Gasteiger charge is 2.16. The van der Waals surface area contributed by atoms with Crippen LogP contribution in [0.3, 0.4) is 0 Å². The van der Waals surface area contributed by atoms with Crippen LogP contribution in [0.5, 0.6) is 0 Å². The highest BCUT2D eigenvalue weighted by atomic mass is 16.6. The van der Waals surface area contributed by atoms with Gasteiger partial charge in [-0.15, -0.1) is 5.10 Å². The molecule has 0 amide bonds. The summed E-state index contributed by atoms with van der Waals surface area (Å²) in [5.41, 5.74) is 1.84. The topological polar surface area (TPSA) is 84.9 Å². The van der Waals surface area contributed by atoms with Gasteiger partial charge in [0, 0.05) is 23.4 Å². The Balaban J connectivity index is 1.86. The standard InChI is InChI=1S/C23H17N3O3/c27-23(20-13-5-2-6-14-20)22(19-11-3-1-4-12-19)25-24-17-9-15-18-10-7-8-16-21(18)26(28)29/h1-17H. The molecule has 0 fully saturated rings. The Labute approximate surface area is 167 Å². The number of nitrogens with zero attached hydrogens (tertiary/aromatic N) is 3. The van der Waals surface area contributed by atoms with E-state index in [1.807, 2.05) is 24.3 Å². The first-order valence-corrected chi connectivity index (χ1v) is 8.83. The maximum atomic E-state index is 12.9. The van der Waals surface area contributed by atoms with Gasteiger partial charge in [0.05, 0.1) is 10.5 Å². The van der Waals surface area contributed by atoms with Gasteiger partial charge >= 0.3 is 0 Å². The summed E-state index contributed by atoms with van der Waals surface area (Å²) >= 11 is 0. The van der Waals surface area contributed by atoms with E-state index in [4.69, 9.17) is 0 Å². The molecule has 6 heteroatoms. The summed E-state index contributed by atoms with van der Waals surface area (Å²) in [4.78, 5) is 23.5. The molecule has 0 atom stereocenters. The SMILES string of the molecule is O=C(C(=NN=CC=Cc1ccccc1[N+](=O)[O-])c1ccccc1)c1ccccc1. The number of Topliss-reactive ketones (excluding diaryl/α,β-unsaturated/α-hetero) is 1. The lowest BCUT2D eigenvalue weighted by Gasteiger charge is -2.04. The summed E-state index contributed by atoms with van der Waals surface area (Å²) in [6.07, 6.45) is 4.50. The van der Waals surface area contributed by atoms with E-state index in [9.17, 15) is 14.9 Å². The average Bonchev–Trinajstić information content (AvgIpc) is 2.77. The Kier molecular flexibility index (Phi) is 6.52. The molecule has 0 spiro atoms. The fraction of sp³-hybridized carbons (Fsp3) is 0. The van der Waals surface area contributed by atoms with Crippen molar-refractivity contribution >= 4 is 29.5 Å². The Morgan fingerprint density at radius 3 is 2.07 bits per heavy atom. The van der Waals surface area contributed by atoms with Crippen LogP contribution in [-0.4, -0.2) is 22.6 Å². The van der Waals surface area contributed by atoms with E-state index >= 15 is 0 Å². The Bertz CT molecular complexity index is 1090. The molecule has 0 aliphatic heterocycles. The van der Waals surface area contributed by atoms with Crippen molar-refractivity contribution in [1.29, 1.82) is 0 Å². The van der Waals surface area contributed by atoms with Crippen LogP contribution >= 0.6 is 0 Å². The number of nitro benzene ring substituents is 1. The van der Waals surface area contributed by atoms with E-state index in [1.165, 1.54) is 12.3 Å². The molecule has 0 unspecified atom stereocenters. The van der Waals surface area contributed by atoms with Gasteiger partial charge in [0.25, 0.3) is 5.69 Å². The summed E-state index contributed by atoms with van der Waals surface area (Å²) in [6.45, 7) is 0. The first-order valence-electron chi connectivity index (χ1n) is 8.83. The van der Waals surface area contributed by atoms with Gasteiger partial charge < -0.3 is 0 Å². The lowest BCUT2D eigenvalue weighted by atomic mass is 10.0. The maximum absolute atomic E-state index is 12.9. The molecular formula is C23H17N3O3. The van der Waals surface area contributed by atoms with Gasteiger partial charge in [-0.3, -0.25) is 14.9 Å². The summed E-state index contributed by atoms with van der Waals surface area (Å²) in [5.74, 6) is -0.239. The molecule has 29 heavy (non-hydrogen) atoms. The molecule has 0 N–H and O–H groups in total. The summed E-state index contributed by atoms with van der Waals surface area (Å²) in [5, 5.41) is 19.1. The number of ketones is 1. The molecular weight excluding hydrogens is 366 g/mol. The molecule has 0 heterocycles. The summed E-state index contributed by atoms with van der Waals surface area (Å²) in [7, 11) is 0. The van der Waals surface area contributed by atoms with Crippen LogP contribution in [0.2, 0.25) is 0 Å². The minimum absolute atomic E-state index is 0.00452. The number of nitro groups is 1. The van der Waals surface area contributed by atoms with E-state index in [0.717, 1.165) is 0 Å². The molecule has 0 aliphatic carbocycles. The molecule has 0 aliphatic rings. The third kappa shape index (κ3) is 5.17. The second-order valence-corrected chi connectivity index (χ2v) is 5.95. The van der Waals surface area contributed by atoms with Gasteiger partial charge in [0.2, 0.25) is 5.78 Å². The van der Waals surface area contributed by atoms with E-state index in [1.54, 1.807) is 66.7 Å². The van der Waals surface area contributed by atoms with Crippen molar-refractivity contribution in [3.05, 3.63) is 118 Å². The predicted molar refractivity (Wildman–Crippen MR) is 114 cm³/mol. The normalized spacial score (nSPS) is 11.8. The predicted octanol–water partition coefficient (Wildman–Crippen LogP) is 4.97. The van der Waals surface area contributed by atoms with Crippen LogP contribution in [0.4, 0.5) is 5.69 Å². The van der Waals surface area contributed by atoms with Crippen molar-refractivity contribution < 1.29 is 9.72 Å². The molecule has 0 saturated heterocycles. The average molecular weight is 383 g/mol. The largest absolute Gasteiger partial charge is 0.287 e. The maximum Gasteiger partial charge on any atom is 0.276 e. The number of rotatable bonds is 7. The van der Waals surface area contributed by atoms with Crippen molar-refractivity contribution in [2.45, 2.75) is 0 Å². The zero-order chi connectivity index (χ0) is 20.5. The number of hydrogen-bond donors (Lipinski definition) is 0. The van der Waals surface area contributed by atoms with E-state index in [-0.39, 0.29) is 17.2 Å². The molecule has 0 bridgehead atoms. The van der Waals surface area contributed by atoms with Crippen LogP contribution in [0.25, 0.3) is 6.08 Å². The molecule has 3 rings (SSSR count). The fourth-order valence-electron chi connectivity index (χ4n) is 2.63. The fourth-order valence-corrected chi connectivity index (χ4v) is 2.63. The molecule has 142 valence electrons. The minimum atomic E-state index is -0.443. The highest BCUT2D eigenvalue weighted by Crippen LogP contribution is 2.18. The zero-order valence-electron chi connectivity index (χ0n) is 15.4. The van der Waals surface area contributed by atoms with E-state index in [2.05, 4.69) is 10.2 Å². The first-order chi connectivity index (χ1) is 14.2. The second-order valence-electron chi connectivity index (χ2n) is 5.95. The number of hydrogen-bond acceptors (Lipinski definition) is 5. The molecule has 0 aromatic heterocycles. The smallest absolute Gasteiger partial charge is 0.276 e. The first kappa shape index (κ1) is 19.6. The van der Waals surface area contributed by atoms with Gasteiger partial charge in [0.15, 0.2) is 0 Å². The lowest BCUT2D eigenvalue weighted by Crippen LogP contribution is -2.15. The van der Waals surface area contributed by atoms with E-state index in [0.29, 0.717) is 16.7 Å². The number of benzene rings is 3. The van der Waals surface area contributed by atoms with Gasteiger partial charge in [-0.05, 0) is 18.2 Å². The van der Waals surface area contributed by atoms with Crippen LogP contribution in [0.1, 0.15) is 21.5 Å². The summed E-state index contributed by atoms with van der Waals surface area (Å²) < 4.78 is 0. The van der Waals surface area contributed by atoms with Gasteiger partial charge in [-0.2, -0.15) is 5.10 Å². The van der Waals surface area contributed by atoms with Gasteiger partial charge in [-0.1, -0.05) is 72.8 Å². The van der Waals surface area contributed by atoms with Crippen molar-refractivity contribution in [3.8, 4) is 0 Å². The number of para-hydroxylation sites is 1. The number of allylic oxidation sites excluding steroid dienone is 1. The monoisotopic (exact) mass is 383 g/mol. The molecule has 0 saturated carbocycles. The molecule has 3 aromatic rings. The van der Waals surface area contributed by atoms with Crippen LogP contribution < -0.4 is 0 Å². The molecule has 6 nitrogen and oxygen atoms in total. The van der Waals surface area contributed by atoms with Crippen molar-refractivity contribution in [2.75, 3.05) is 0 Å². The summed E-state index contributed by atoms with van der Waals surface area (Å²) in [6, 6.07) is 24.3. The second kappa shape index (κ2) is 9.66. The van der Waals surface area contributed by atoms with Gasteiger partial charge in [-0.25, -0.2) is 0 Å². The Morgan fingerprint density at radius 2 is 1.41 bits per heavy atom. The Hall–Kier alpha value is -4.19. The van der Waals surface area contributed by atoms with Crippen molar-refractivity contribution in [1.82, 2.24) is 0 Å². The third-order valence-electron chi connectivity index (χ3n) is 4.02. The zero-order valence-corrected chi connectivity index (χ0v) is 15.4. The quantitative estimate of drug-likeness (QED) is 0.250. The molecule has 3 aromatic carbocycles. The van der Waals surface area contributed by atoms with Crippen LogP contribution in [-0.2, 0) is 0 Å².